The molecule has 37 nitrogen and oxygen atoms in total. The Morgan fingerprint density at radius 1 is 0.679 bits per heavy atom. The largest absolute Gasteiger partial charge is 0.459 e. The van der Waals surface area contributed by atoms with Gasteiger partial charge in [0.1, 0.15) is 59.7 Å². The number of cyclic esters (lactones) is 1. The Balaban J connectivity index is 0.485. The van der Waals surface area contributed by atoms with Gasteiger partial charge in [0.2, 0.25) is 23.5 Å². The topological polar surface area (TPSA) is 468 Å². The number of benzene rings is 1. The number of fused-ring (bicyclic) bond motifs is 7. The number of nitrogens with zero attached hydrogens (tertiary/aromatic N) is 18. The summed E-state index contributed by atoms with van der Waals surface area (Å²) in [7, 11) is 3.09. The maximum absolute atomic E-state index is 14.8. The number of piperidine rings is 1. The zero-order valence-corrected chi connectivity index (χ0v) is 77.2. The number of hydrogen-bond donors (Lipinski definition) is 6. The maximum atomic E-state index is 14.8. The molecule has 0 radical (unpaired) electrons. The van der Waals surface area contributed by atoms with Crippen LogP contribution >= 0.6 is 0 Å². The van der Waals surface area contributed by atoms with Gasteiger partial charge in [0, 0.05) is 183 Å². The molecule has 8 N–H and O–H groups in total. The minimum atomic E-state index is -2.52. The third-order valence-corrected chi connectivity index (χ3v) is 28.0. The Kier molecular flexibility index (Phi) is 29.5. The molecule has 14 heterocycles. The molecule has 710 valence electrons. The molecule has 5 fully saturated rings. The molecule has 7 aliphatic heterocycles. The second kappa shape index (κ2) is 41.7. The number of H-pyrrole nitrogens is 1. The molecule has 37 heteroatoms. The van der Waals surface area contributed by atoms with Gasteiger partial charge in [-0.2, -0.15) is 5.10 Å². The van der Waals surface area contributed by atoms with Gasteiger partial charge in [-0.05, 0) is 136 Å². The number of esters is 1. The lowest BCUT2D eigenvalue weighted by Crippen LogP contribution is -2.61. The van der Waals surface area contributed by atoms with E-state index >= 15 is 0 Å². The Morgan fingerprint density at radius 3 is 2.19 bits per heavy atom. The highest BCUT2D eigenvalue weighted by Gasteiger charge is 2.54. The number of nitrogens with one attached hydrogen (secondary N) is 1. The van der Waals surface area contributed by atoms with Gasteiger partial charge in [-0.1, -0.05) is 82.4 Å². The quantitative estimate of drug-likeness (QED) is 0.0347. The van der Waals surface area contributed by atoms with Crippen LogP contribution in [0.5, 0.6) is 0 Å². The number of ketones is 3. The lowest BCUT2D eigenvalue weighted by Gasteiger charge is -2.42. The fourth-order valence-electron chi connectivity index (χ4n) is 19.9. The number of carbonyl (C=O) groups is 8. The Hall–Kier alpha value is -12.3. The molecule has 1 saturated carbocycles. The number of allylic oxidation sites excluding steroid dienone is 6. The highest BCUT2D eigenvalue weighted by molar-refractivity contribution is 6.39. The summed E-state index contributed by atoms with van der Waals surface area (Å²) in [5.74, 6) is -8.33. The standard InChI is InChI=1S/C97H121N21O16/c1-56-14-10-9-11-15-57(2)77(130-7)44-71-21-17-61(6)97(129,134-71)85(123)91(125)117-27-13-12-16-74(117)93(127)132-78(45-75(119)58(3)39-60(5)83(121)84(122)82(120)59(4)38-56)72(98)41-62-19-22-76(79(42-62)131-8)133-96(128)116-29-25-73-69(54-116)49-106-95(109-73)114-34-30-111(31-35-114)70-50-102-88(103-51-70)92(126)112-32-36-113(37-33-112)94-104-47-68(48-105-94)90(124)115-28-24-64-40-63(18-20-66(64)53-115)52-118-89-80(86(99)107-55-108-89)81(110-118)67-43-65-23-26-100-87(65)101-46-67/h9-11,14-15,18,20,23,26,39-40,43,46-51,55-56,58-59,61-62,71-72,74,76-79,83-84,121-122,129H,12-13,16-17,19,21-22,24-25,27-38,41-42,44-45,52-54,98H2,1-8H3,(H,100,101)(H2,99,107,108)/b11-9+,14-10+,57-15+,60-39+/t56-,58-,59-,61-,62+,71+,72-,74+,76-,77+,78+,79-,83-,84+,97-/m1/s1. The number of aromatic nitrogens is 12. The Bertz CT molecular complexity index is 5770. The van der Waals surface area contributed by atoms with Gasteiger partial charge < -0.3 is 89.8 Å². The van der Waals surface area contributed by atoms with Crippen LogP contribution in [-0.2, 0) is 80.1 Å². The molecule has 8 aromatic rings. The number of aliphatic hydroxyl groups excluding tert-OH is 2. The molecule has 4 saturated heterocycles. The van der Waals surface area contributed by atoms with Crippen LogP contribution in [0, 0.1) is 29.6 Å². The summed E-state index contributed by atoms with van der Waals surface area (Å²) in [5.41, 5.74) is 23.4. The van der Waals surface area contributed by atoms with Crippen molar-refractivity contribution < 1.29 is 77.4 Å². The van der Waals surface area contributed by atoms with Crippen molar-refractivity contribution in [3.63, 3.8) is 0 Å². The molecule has 8 aliphatic rings. The first-order valence-electron chi connectivity index (χ1n) is 46.8. The van der Waals surface area contributed by atoms with Gasteiger partial charge in [-0.15, -0.1) is 0 Å². The summed E-state index contributed by atoms with van der Waals surface area (Å²) in [5, 5.41) is 41.4. The number of carbonyl (C=O) groups excluding carboxylic acids is 8. The number of anilines is 4. The van der Waals surface area contributed by atoms with Crippen LogP contribution in [0.2, 0.25) is 0 Å². The zero-order chi connectivity index (χ0) is 94.3. The summed E-state index contributed by atoms with van der Waals surface area (Å²) in [6.07, 6.45) is 21.2. The van der Waals surface area contributed by atoms with Gasteiger partial charge in [0.15, 0.2) is 11.4 Å². The molecular formula is C97H121N21O16. The average Bonchev–Trinajstić information content (AvgIpc) is 1.55. The van der Waals surface area contributed by atoms with E-state index in [0.717, 1.165) is 60.7 Å². The average molecular weight is 1840 g/mol. The van der Waals surface area contributed by atoms with Gasteiger partial charge in [0.05, 0.1) is 66.1 Å². The first kappa shape index (κ1) is 94.9. The lowest BCUT2D eigenvalue weighted by atomic mass is 9.80. The number of piperazine rings is 2. The summed E-state index contributed by atoms with van der Waals surface area (Å²) in [4.78, 5) is 171. The van der Waals surface area contributed by atoms with Crippen LogP contribution in [-0.4, -0.2) is 288 Å². The van der Waals surface area contributed by atoms with E-state index in [1.807, 2.05) is 77.0 Å². The maximum Gasteiger partial charge on any atom is 0.410 e. The third-order valence-electron chi connectivity index (χ3n) is 28.0. The molecule has 16 rings (SSSR count). The van der Waals surface area contributed by atoms with E-state index in [-0.39, 0.29) is 67.4 Å². The van der Waals surface area contributed by atoms with Crippen LogP contribution in [0.3, 0.4) is 0 Å². The van der Waals surface area contributed by atoms with E-state index in [9.17, 15) is 53.7 Å². The first-order chi connectivity index (χ1) is 64.6. The molecule has 134 heavy (non-hydrogen) atoms. The molecule has 0 unspecified atom stereocenters. The minimum Gasteiger partial charge on any atom is -0.459 e. The number of amides is 4. The van der Waals surface area contributed by atoms with Gasteiger partial charge in [-0.25, -0.2) is 59.1 Å². The van der Waals surface area contributed by atoms with Crippen LogP contribution in [0.1, 0.15) is 168 Å². The number of methoxy groups -OCH3 is 2. The highest BCUT2D eigenvalue weighted by atomic mass is 16.6. The number of aromatic amines is 1. The number of rotatable bonds is 14. The van der Waals surface area contributed by atoms with E-state index in [0.29, 0.717) is 183 Å². The van der Waals surface area contributed by atoms with E-state index in [1.165, 1.54) is 19.3 Å². The van der Waals surface area contributed by atoms with Crippen molar-refractivity contribution in [2.75, 3.05) is 107 Å². The van der Waals surface area contributed by atoms with Crippen molar-refractivity contribution in [2.45, 2.75) is 212 Å². The fraction of sp³-hybridized carbons (Fsp3) is 0.526. The number of aliphatic hydroxyl groups is 3. The van der Waals surface area contributed by atoms with Crippen molar-refractivity contribution in [1.82, 2.24) is 79.2 Å². The molecule has 15 atom stereocenters. The summed E-state index contributed by atoms with van der Waals surface area (Å²) in [6, 6.07) is 7.99. The van der Waals surface area contributed by atoms with E-state index in [4.69, 9.17) is 50.2 Å². The number of Topliss-reactive ketones (excluding diaryl/α,β-unsaturated/α-hetero) is 3. The van der Waals surface area contributed by atoms with Gasteiger partial charge in [-0.3, -0.25) is 28.8 Å². The molecule has 7 aromatic heterocycles. The van der Waals surface area contributed by atoms with Gasteiger partial charge in [0.25, 0.3) is 23.5 Å². The van der Waals surface area contributed by atoms with Gasteiger partial charge >= 0.3 is 12.1 Å². The normalized spacial score (nSPS) is 28.1. The Labute approximate surface area is 777 Å². The molecule has 4 amide bonds. The second-order valence-electron chi connectivity index (χ2n) is 37.2. The van der Waals surface area contributed by atoms with Crippen molar-refractivity contribution in [3.05, 3.63) is 167 Å². The number of pyridine rings is 1. The molecule has 1 aromatic carbocycles. The number of nitrogen functional groups attached to an aromatic ring is 1. The smallest absolute Gasteiger partial charge is 0.410 e. The summed E-state index contributed by atoms with van der Waals surface area (Å²) in [6.45, 7) is 16.4. The van der Waals surface area contributed by atoms with Crippen molar-refractivity contribution in [2.24, 2.45) is 35.3 Å². The predicted molar refractivity (Wildman–Crippen MR) is 495 cm³/mol. The first-order valence-corrected chi connectivity index (χ1v) is 46.8. The summed E-state index contributed by atoms with van der Waals surface area (Å²) >= 11 is 0. The SMILES string of the molecule is CO[C@H]1C[C@@H]2CC[C@@H](C)[C@@](O)(O2)C(=O)C(=O)N2CCCC[C@H]2C(=O)O[C@H]([C@H](N)C[C@@H]2CC[C@@H](OC(=O)N3CCc4nc(N5CCN(c6cnc(C(=O)N7CCN(c8ncc(C(=O)N9CCc%10cc(Cn%11nc(-c%12cnc%13[nH]ccc%13c%12)c%12c(N)ncnc%12%11)ccc%10C9)cn8)CC7)nc6)CC5)ncc4C3)[C@H](OC)C2)CC(=O)[C@H](C)/C=C(\C)[C@@H](O)[C@@H](O)C(=O)[C@H](C)C[C@H](C)/C=C/C=C/C=C/1C. The number of hydrogen-bond acceptors (Lipinski definition) is 31. The number of nitrogens with two attached hydrogens (primary N) is 2. The zero-order valence-electron chi connectivity index (χ0n) is 77.2. The van der Waals surface area contributed by atoms with Crippen LogP contribution < -0.4 is 26.2 Å². The third kappa shape index (κ3) is 21.1. The summed E-state index contributed by atoms with van der Waals surface area (Å²) < 4.78 is 32.5. The molecule has 0 spiro atoms. The highest BCUT2D eigenvalue weighted by Crippen LogP contribution is 2.40. The van der Waals surface area contributed by atoms with E-state index in [2.05, 4.69) is 67.9 Å². The number of ether oxygens (including phenoxy) is 5. The van der Waals surface area contributed by atoms with Crippen LogP contribution in [0.4, 0.5) is 28.2 Å². The second-order valence-corrected chi connectivity index (χ2v) is 37.2. The molecule has 2 bridgehead atoms. The van der Waals surface area contributed by atoms with E-state index in [1.54, 1.807) is 82.0 Å². The minimum absolute atomic E-state index is 0.00745. The molecular weight excluding hydrogens is 1720 g/mol. The predicted octanol–water partition coefficient (Wildman–Crippen LogP) is 7.59. The lowest BCUT2D eigenvalue weighted by molar-refractivity contribution is -0.265. The van der Waals surface area contributed by atoms with Crippen molar-refractivity contribution >= 4 is 92.6 Å². The Morgan fingerprint density at radius 2 is 1.42 bits per heavy atom. The monoisotopic (exact) mass is 1840 g/mol. The van der Waals surface area contributed by atoms with E-state index < -0.39 is 120 Å². The van der Waals surface area contributed by atoms with Crippen molar-refractivity contribution in [3.8, 4) is 11.3 Å². The van der Waals surface area contributed by atoms with Crippen LogP contribution in [0.25, 0.3) is 33.3 Å². The fourth-order valence-corrected chi connectivity index (χ4v) is 19.9. The molecule has 1 aliphatic carbocycles. The van der Waals surface area contributed by atoms with Crippen molar-refractivity contribution in [1.29, 1.82) is 0 Å². The van der Waals surface area contributed by atoms with Crippen LogP contribution in [0.15, 0.2) is 128 Å².